The lowest BCUT2D eigenvalue weighted by molar-refractivity contribution is 0.142. The molecule has 0 aromatic carbocycles. The van der Waals surface area contributed by atoms with Crippen LogP contribution in [0.15, 0.2) is 0 Å². The normalized spacial score (nSPS) is 18.3. The zero-order valence-electron chi connectivity index (χ0n) is 12.1. The van der Waals surface area contributed by atoms with E-state index in [0.717, 1.165) is 32.0 Å². The smallest absolute Gasteiger partial charge is 0.0558 e. The molecule has 0 bridgehead atoms. The van der Waals surface area contributed by atoms with Crippen LogP contribution < -0.4 is 5.73 Å². The van der Waals surface area contributed by atoms with Crippen molar-refractivity contribution in [1.82, 2.24) is 9.80 Å². The standard InChI is InChI=1S/C14H31N3O2/c15-5-2-14-3-8-16(9-4-14)6-1-7-17(10-12-18)11-13-19/h14,18-19H,1-13,15H2. The Balaban J connectivity index is 2.09. The van der Waals surface area contributed by atoms with Crippen LogP contribution in [0.25, 0.3) is 0 Å². The number of likely N-dealkylation sites (tertiary alicyclic amines) is 1. The lowest BCUT2D eigenvalue weighted by atomic mass is 9.93. The molecule has 1 rings (SSSR count). The molecule has 4 N–H and O–H groups in total. The van der Waals surface area contributed by atoms with Gasteiger partial charge in [0.25, 0.3) is 0 Å². The first-order valence-electron chi connectivity index (χ1n) is 7.66. The topological polar surface area (TPSA) is 73.0 Å². The minimum absolute atomic E-state index is 0.171. The molecule has 1 fully saturated rings. The molecule has 1 aliphatic rings. The lowest BCUT2D eigenvalue weighted by Gasteiger charge is -2.32. The summed E-state index contributed by atoms with van der Waals surface area (Å²) in [5, 5.41) is 17.9. The molecule has 114 valence electrons. The van der Waals surface area contributed by atoms with Crippen molar-refractivity contribution in [2.24, 2.45) is 11.7 Å². The van der Waals surface area contributed by atoms with Gasteiger partial charge in [-0.3, -0.25) is 4.90 Å². The van der Waals surface area contributed by atoms with Crippen molar-refractivity contribution in [1.29, 1.82) is 0 Å². The molecule has 0 amide bonds. The quantitative estimate of drug-likeness (QED) is 0.511. The van der Waals surface area contributed by atoms with Crippen molar-refractivity contribution in [2.75, 3.05) is 59.0 Å². The molecular weight excluding hydrogens is 242 g/mol. The average molecular weight is 273 g/mol. The summed E-state index contributed by atoms with van der Waals surface area (Å²) in [6, 6.07) is 0. The summed E-state index contributed by atoms with van der Waals surface area (Å²) in [7, 11) is 0. The second kappa shape index (κ2) is 10.6. The first-order valence-corrected chi connectivity index (χ1v) is 7.66. The summed E-state index contributed by atoms with van der Waals surface area (Å²) in [6.45, 7) is 6.98. The number of hydrogen-bond donors (Lipinski definition) is 3. The highest BCUT2D eigenvalue weighted by atomic mass is 16.3. The first-order chi connectivity index (χ1) is 9.30. The fourth-order valence-corrected chi connectivity index (χ4v) is 2.87. The van der Waals surface area contributed by atoms with Gasteiger partial charge in [-0.15, -0.1) is 0 Å². The third-order valence-electron chi connectivity index (χ3n) is 4.06. The van der Waals surface area contributed by atoms with E-state index >= 15 is 0 Å². The first kappa shape index (κ1) is 16.9. The summed E-state index contributed by atoms with van der Waals surface area (Å²) in [6.07, 6.45) is 4.86. The van der Waals surface area contributed by atoms with Crippen LogP contribution in [0.1, 0.15) is 25.7 Å². The fourth-order valence-electron chi connectivity index (χ4n) is 2.87. The van der Waals surface area contributed by atoms with E-state index in [0.29, 0.717) is 13.1 Å². The monoisotopic (exact) mass is 273 g/mol. The zero-order chi connectivity index (χ0) is 13.9. The zero-order valence-corrected chi connectivity index (χ0v) is 12.1. The molecule has 19 heavy (non-hydrogen) atoms. The summed E-state index contributed by atoms with van der Waals surface area (Å²) in [5.41, 5.74) is 5.60. The molecule has 1 aliphatic heterocycles. The van der Waals surface area contributed by atoms with E-state index in [1.807, 2.05) is 0 Å². The fraction of sp³-hybridized carbons (Fsp3) is 1.00. The van der Waals surface area contributed by atoms with E-state index in [1.165, 1.54) is 32.4 Å². The number of piperidine rings is 1. The Morgan fingerprint density at radius 2 is 1.68 bits per heavy atom. The number of aliphatic hydroxyl groups excluding tert-OH is 2. The van der Waals surface area contributed by atoms with Gasteiger partial charge in [0.05, 0.1) is 13.2 Å². The van der Waals surface area contributed by atoms with Crippen molar-refractivity contribution in [3.8, 4) is 0 Å². The third kappa shape index (κ3) is 7.22. The van der Waals surface area contributed by atoms with Crippen molar-refractivity contribution >= 4 is 0 Å². The molecule has 0 atom stereocenters. The maximum Gasteiger partial charge on any atom is 0.0558 e. The highest BCUT2D eigenvalue weighted by molar-refractivity contribution is 4.73. The Hall–Kier alpha value is -0.200. The van der Waals surface area contributed by atoms with Crippen LogP contribution >= 0.6 is 0 Å². The summed E-state index contributed by atoms with van der Waals surface area (Å²) < 4.78 is 0. The number of hydrogen-bond acceptors (Lipinski definition) is 5. The molecule has 1 heterocycles. The molecule has 1 saturated heterocycles. The van der Waals surface area contributed by atoms with Crippen LogP contribution in [-0.2, 0) is 0 Å². The molecule has 0 spiro atoms. The lowest BCUT2D eigenvalue weighted by Crippen LogP contribution is -2.37. The maximum atomic E-state index is 8.95. The Kier molecular flexibility index (Phi) is 9.38. The van der Waals surface area contributed by atoms with Gasteiger partial charge in [-0.25, -0.2) is 0 Å². The minimum Gasteiger partial charge on any atom is -0.395 e. The van der Waals surface area contributed by atoms with Crippen LogP contribution in [0.5, 0.6) is 0 Å². The highest BCUT2D eigenvalue weighted by Gasteiger charge is 2.18. The van der Waals surface area contributed by atoms with Gasteiger partial charge < -0.3 is 20.8 Å². The van der Waals surface area contributed by atoms with Crippen LogP contribution in [0.4, 0.5) is 0 Å². The molecule has 0 aromatic rings. The van der Waals surface area contributed by atoms with Gasteiger partial charge in [0.2, 0.25) is 0 Å². The summed E-state index contributed by atoms with van der Waals surface area (Å²) in [5.74, 6) is 0.835. The predicted molar refractivity (Wildman–Crippen MR) is 78.1 cm³/mol. The van der Waals surface area contributed by atoms with Gasteiger partial charge in [-0.05, 0) is 64.3 Å². The van der Waals surface area contributed by atoms with E-state index in [2.05, 4.69) is 9.80 Å². The molecule has 5 heteroatoms. The number of aliphatic hydroxyl groups is 2. The number of rotatable bonds is 10. The number of nitrogens with zero attached hydrogens (tertiary/aromatic N) is 2. The van der Waals surface area contributed by atoms with Gasteiger partial charge in [-0.2, -0.15) is 0 Å². The average Bonchev–Trinajstić information content (AvgIpc) is 2.41. The van der Waals surface area contributed by atoms with E-state index in [1.54, 1.807) is 0 Å². The van der Waals surface area contributed by atoms with Crippen molar-refractivity contribution in [3.05, 3.63) is 0 Å². The Morgan fingerprint density at radius 3 is 2.21 bits per heavy atom. The van der Waals surface area contributed by atoms with Crippen molar-refractivity contribution < 1.29 is 10.2 Å². The molecule has 0 aromatic heterocycles. The molecule has 0 radical (unpaired) electrons. The van der Waals surface area contributed by atoms with Crippen LogP contribution in [-0.4, -0.2) is 79.0 Å². The van der Waals surface area contributed by atoms with Gasteiger partial charge in [0.1, 0.15) is 0 Å². The molecule has 0 unspecified atom stereocenters. The molecule has 5 nitrogen and oxygen atoms in total. The van der Waals surface area contributed by atoms with Crippen molar-refractivity contribution in [2.45, 2.75) is 25.7 Å². The van der Waals surface area contributed by atoms with E-state index in [9.17, 15) is 0 Å². The van der Waals surface area contributed by atoms with Crippen molar-refractivity contribution in [3.63, 3.8) is 0 Å². The molecular formula is C14H31N3O2. The SMILES string of the molecule is NCCC1CCN(CCCN(CCO)CCO)CC1. The van der Waals surface area contributed by atoms with Crippen LogP contribution in [0, 0.1) is 5.92 Å². The summed E-state index contributed by atoms with van der Waals surface area (Å²) in [4.78, 5) is 4.66. The minimum atomic E-state index is 0.171. The van der Waals surface area contributed by atoms with E-state index < -0.39 is 0 Å². The Labute approximate surface area is 117 Å². The highest BCUT2D eigenvalue weighted by Crippen LogP contribution is 2.19. The van der Waals surface area contributed by atoms with Gasteiger partial charge in [-0.1, -0.05) is 0 Å². The number of nitrogens with two attached hydrogens (primary N) is 1. The third-order valence-corrected chi connectivity index (χ3v) is 4.06. The molecule has 0 aliphatic carbocycles. The maximum absolute atomic E-state index is 8.95. The van der Waals surface area contributed by atoms with E-state index in [-0.39, 0.29) is 13.2 Å². The van der Waals surface area contributed by atoms with Crippen LogP contribution in [0.2, 0.25) is 0 Å². The van der Waals surface area contributed by atoms with Crippen LogP contribution in [0.3, 0.4) is 0 Å². The molecule has 0 saturated carbocycles. The second-order valence-corrected chi connectivity index (χ2v) is 5.50. The van der Waals surface area contributed by atoms with Gasteiger partial charge in [0.15, 0.2) is 0 Å². The van der Waals surface area contributed by atoms with Gasteiger partial charge in [0, 0.05) is 13.1 Å². The largest absolute Gasteiger partial charge is 0.395 e. The Morgan fingerprint density at radius 1 is 1.05 bits per heavy atom. The summed E-state index contributed by atoms with van der Waals surface area (Å²) >= 11 is 0. The Bertz CT molecular complexity index is 203. The second-order valence-electron chi connectivity index (χ2n) is 5.50. The van der Waals surface area contributed by atoms with Gasteiger partial charge >= 0.3 is 0 Å². The predicted octanol–water partition coefficient (Wildman–Crippen LogP) is -0.276. The van der Waals surface area contributed by atoms with E-state index in [4.69, 9.17) is 15.9 Å².